The van der Waals surface area contributed by atoms with Crippen LogP contribution in [0.2, 0.25) is 0 Å². The maximum atomic E-state index is 4.13. The van der Waals surface area contributed by atoms with Crippen LogP contribution in [0.25, 0.3) is 6.08 Å². The summed E-state index contributed by atoms with van der Waals surface area (Å²) in [6.45, 7) is 4.35. The van der Waals surface area contributed by atoms with Crippen LogP contribution < -0.4 is 0 Å². The molecule has 0 atom stereocenters. The number of hydrogen-bond acceptors (Lipinski definition) is 1. The third-order valence-corrected chi connectivity index (χ3v) is 2.00. The molecule has 0 bridgehead atoms. The summed E-state index contributed by atoms with van der Waals surface area (Å²) in [5.41, 5.74) is 2.67. The predicted octanol–water partition coefficient (Wildman–Crippen LogP) is 3.46. The van der Waals surface area contributed by atoms with Gasteiger partial charge in [0.05, 0.1) is 0 Å². The first-order valence-electron chi connectivity index (χ1n) is 4.98. The van der Waals surface area contributed by atoms with Crippen molar-refractivity contribution in [1.29, 1.82) is 0 Å². The summed E-state index contributed by atoms with van der Waals surface area (Å²) >= 11 is 0. The van der Waals surface area contributed by atoms with Crippen molar-refractivity contribution in [3.05, 3.63) is 35.7 Å². The van der Waals surface area contributed by atoms with E-state index in [0.29, 0.717) is 0 Å². The van der Waals surface area contributed by atoms with E-state index in [1.807, 2.05) is 12.4 Å². The fourth-order valence-electron chi connectivity index (χ4n) is 1.33. The third-order valence-electron chi connectivity index (χ3n) is 2.00. The first-order valence-corrected chi connectivity index (χ1v) is 4.98. The molecule has 0 fully saturated rings. The summed E-state index contributed by atoms with van der Waals surface area (Å²) in [6.07, 6.45) is 11.6. The molecule has 0 spiro atoms. The molecule has 0 amide bonds. The third kappa shape index (κ3) is 3.02. The van der Waals surface area contributed by atoms with Crippen LogP contribution in [0.3, 0.4) is 0 Å². The lowest BCUT2D eigenvalue weighted by molar-refractivity contribution is 0.915. The lowest BCUT2D eigenvalue weighted by atomic mass is 10.1. The number of aryl methyl sites for hydroxylation is 1. The van der Waals surface area contributed by atoms with E-state index in [2.05, 4.69) is 37.0 Å². The number of nitrogens with zero attached hydrogens (tertiary/aromatic N) is 1. The zero-order valence-corrected chi connectivity index (χ0v) is 8.46. The van der Waals surface area contributed by atoms with Gasteiger partial charge in [-0.2, -0.15) is 0 Å². The molecule has 0 saturated heterocycles. The topological polar surface area (TPSA) is 12.9 Å². The van der Waals surface area contributed by atoms with Gasteiger partial charge < -0.3 is 0 Å². The van der Waals surface area contributed by atoms with Gasteiger partial charge in [0.1, 0.15) is 0 Å². The van der Waals surface area contributed by atoms with Gasteiger partial charge in [0.25, 0.3) is 0 Å². The largest absolute Gasteiger partial charge is 0.264 e. The minimum Gasteiger partial charge on any atom is -0.264 e. The molecule has 0 aliphatic carbocycles. The lowest BCUT2D eigenvalue weighted by Crippen LogP contribution is -1.88. The first kappa shape index (κ1) is 9.97. The number of aromatic nitrogens is 1. The van der Waals surface area contributed by atoms with E-state index in [1.54, 1.807) is 0 Å². The van der Waals surface area contributed by atoms with E-state index >= 15 is 0 Å². The van der Waals surface area contributed by atoms with Crippen LogP contribution in [-0.2, 0) is 6.42 Å². The SMILES string of the molecule is CC/C=C\c1cnccc1CCC. The Morgan fingerprint density at radius 1 is 1.38 bits per heavy atom. The second-order valence-electron chi connectivity index (χ2n) is 3.14. The molecule has 13 heavy (non-hydrogen) atoms. The van der Waals surface area contributed by atoms with Crippen molar-refractivity contribution in [3.8, 4) is 0 Å². The molecule has 1 rings (SSSR count). The summed E-state index contributed by atoms with van der Waals surface area (Å²) in [7, 11) is 0. The van der Waals surface area contributed by atoms with Crippen LogP contribution in [0.15, 0.2) is 24.5 Å². The molecule has 1 aromatic heterocycles. The molecule has 0 aromatic carbocycles. The molecule has 0 aliphatic rings. The van der Waals surface area contributed by atoms with Crippen LogP contribution >= 0.6 is 0 Å². The van der Waals surface area contributed by atoms with Gasteiger partial charge in [0.15, 0.2) is 0 Å². The molecular formula is C12H17N. The minimum absolute atomic E-state index is 1.08. The van der Waals surface area contributed by atoms with Crippen molar-refractivity contribution in [1.82, 2.24) is 4.98 Å². The highest BCUT2D eigenvalue weighted by Crippen LogP contribution is 2.11. The standard InChI is InChI=1S/C12H17N/c1-3-5-7-12-10-13-9-8-11(12)6-4-2/h5,7-10H,3-4,6H2,1-2H3/b7-5-. The second-order valence-corrected chi connectivity index (χ2v) is 3.14. The zero-order chi connectivity index (χ0) is 9.52. The Bertz CT molecular complexity index is 276. The number of hydrogen-bond donors (Lipinski definition) is 0. The van der Waals surface area contributed by atoms with Gasteiger partial charge in [-0.05, 0) is 30.0 Å². The fraction of sp³-hybridized carbons (Fsp3) is 0.417. The van der Waals surface area contributed by atoms with E-state index in [0.717, 1.165) is 12.8 Å². The van der Waals surface area contributed by atoms with Crippen molar-refractivity contribution in [2.24, 2.45) is 0 Å². The van der Waals surface area contributed by atoms with E-state index in [1.165, 1.54) is 17.5 Å². The maximum Gasteiger partial charge on any atom is 0.0342 e. The van der Waals surface area contributed by atoms with Crippen LogP contribution in [-0.4, -0.2) is 4.98 Å². The Morgan fingerprint density at radius 3 is 2.92 bits per heavy atom. The van der Waals surface area contributed by atoms with Crippen LogP contribution in [0.4, 0.5) is 0 Å². The van der Waals surface area contributed by atoms with Gasteiger partial charge in [-0.25, -0.2) is 0 Å². The molecule has 70 valence electrons. The van der Waals surface area contributed by atoms with E-state index in [9.17, 15) is 0 Å². The Labute approximate surface area is 80.5 Å². The highest BCUT2D eigenvalue weighted by atomic mass is 14.6. The molecule has 1 heterocycles. The molecular weight excluding hydrogens is 158 g/mol. The fourth-order valence-corrected chi connectivity index (χ4v) is 1.33. The van der Waals surface area contributed by atoms with Gasteiger partial charge >= 0.3 is 0 Å². The quantitative estimate of drug-likeness (QED) is 0.683. The summed E-state index contributed by atoms with van der Waals surface area (Å²) in [5.74, 6) is 0. The van der Waals surface area contributed by atoms with Crippen molar-refractivity contribution >= 4 is 6.08 Å². The molecule has 1 heteroatoms. The monoisotopic (exact) mass is 175 g/mol. The van der Waals surface area contributed by atoms with Crippen molar-refractivity contribution < 1.29 is 0 Å². The van der Waals surface area contributed by atoms with Crippen molar-refractivity contribution in [2.75, 3.05) is 0 Å². The number of rotatable bonds is 4. The number of pyridine rings is 1. The molecule has 0 radical (unpaired) electrons. The summed E-state index contributed by atoms with van der Waals surface area (Å²) in [4.78, 5) is 4.13. The lowest BCUT2D eigenvalue weighted by Gasteiger charge is -2.02. The van der Waals surface area contributed by atoms with E-state index < -0.39 is 0 Å². The predicted molar refractivity (Wildman–Crippen MR) is 57.6 cm³/mol. The smallest absolute Gasteiger partial charge is 0.0342 e. The van der Waals surface area contributed by atoms with Gasteiger partial charge in [0, 0.05) is 12.4 Å². The van der Waals surface area contributed by atoms with Gasteiger partial charge in [0.2, 0.25) is 0 Å². The Hall–Kier alpha value is -1.11. The van der Waals surface area contributed by atoms with Gasteiger partial charge in [-0.1, -0.05) is 32.4 Å². The zero-order valence-electron chi connectivity index (χ0n) is 8.46. The van der Waals surface area contributed by atoms with E-state index in [4.69, 9.17) is 0 Å². The van der Waals surface area contributed by atoms with Crippen molar-refractivity contribution in [3.63, 3.8) is 0 Å². The maximum absolute atomic E-state index is 4.13. The first-order chi connectivity index (χ1) is 6.38. The second kappa shape index (κ2) is 5.52. The average molecular weight is 175 g/mol. The molecule has 0 aliphatic heterocycles. The van der Waals surface area contributed by atoms with Crippen LogP contribution in [0.5, 0.6) is 0 Å². The molecule has 0 saturated carbocycles. The average Bonchev–Trinajstić information content (AvgIpc) is 2.17. The Balaban J connectivity index is 2.84. The highest BCUT2D eigenvalue weighted by Gasteiger charge is 1.96. The highest BCUT2D eigenvalue weighted by molar-refractivity contribution is 5.52. The summed E-state index contributed by atoms with van der Waals surface area (Å²) < 4.78 is 0. The van der Waals surface area contributed by atoms with Crippen LogP contribution in [0, 0.1) is 0 Å². The molecule has 1 nitrogen and oxygen atoms in total. The van der Waals surface area contributed by atoms with Gasteiger partial charge in [-0.3, -0.25) is 4.98 Å². The number of allylic oxidation sites excluding steroid dienone is 1. The van der Waals surface area contributed by atoms with E-state index in [-0.39, 0.29) is 0 Å². The molecule has 0 N–H and O–H groups in total. The Morgan fingerprint density at radius 2 is 2.23 bits per heavy atom. The minimum atomic E-state index is 1.08. The molecule has 0 unspecified atom stereocenters. The van der Waals surface area contributed by atoms with Crippen LogP contribution in [0.1, 0.15) is 37.8 Å². The van der Waals surface area contributed by atoms with Gasteiger partial charge in [-0.15, -0.1) is 0 Å². The van der Waals surface area contributed by atoms with Crippen molar-refractivity contribution in [2.45, 2.75) is 33.1 Å². The summed E-state index contributed by atoms with van der Waals surface area (Å²) in [5, 5.41) is 0. The summed E-state index contributed by atoms with van der Waals surface area (Å²) in [6, 6.07) is 2.11. The normalized spacial score (nSPS) is 10.9. The Kier molecular flexibility index (Phi) is 4.24. The molecule has 1 aromatic rings.